The molecule has 0 saturated carbocycles. The second-order valence-corrected chi connectivity index (χ2v) is 4.22. The van der Waals surface area contributed by atoms with Crippen LogP contribution >= 0.6 is 11.3 Å². The number of aliphatic hydroxyl groups excluding tert-OH is 2. The van der Waals surface area contributed by atoms with Gasteiger partial charge in [0.2, 0.25) is 0 Å². The molecule has 0 fully saturated rings. The van der Waals surface area contributed by atoms with Gasteiger partial charge < -0.3 is 10.2 Å². The molecular formula is C10H16O2S. The highest BCUT2D eigenvalue weighted by Gasteiger charge is 2.19. The van der Waals surface area contributed by atoms with E-state index in [0.717, 1.165) is 16.9 Å². The van der Waals surface area contributed by atoms with E-state index in [1.807, 2.05) is 25.3 Å². The Kier molecular flexibility index (Phi) is 3.90. The fraction of sp³-hybridized carbons (Fsp3) is 0.600. The van der Waals surface area contributed by atoms with E-state index < -0.39 is 12.2 Å². The number of aryl methyl sites for hydroxylation is 1. The van der Waals surface area contributed by atoms with Gasteiger partial charge in [0, 0.05) is 4.88 Å². The molecule has 0 radical (unpaired) electrons. The first-order valence-corrected chi connectivity index (χ1v) is 5.45. The summed E-state index contributed by atoms with van der Waals surface area (Å²) in [6.07, 6.45) is 0.212. The van der Waals surface area contributed by atoms with Crippen LogP contribution in [0.1, 0.15) is 36.3 Å². The van der Waals surface area contributed by atoms with Gasteiger partial charge in [0.15, 0.2) is 0 Å². The second-order valence-electron chi connectivity index (χ2n) is 3.27. The molecule has 2 unspecified atom stereocenters. The Morgan fingerprint density at radius 3 is 2.62 bits per heavy atom. The van der Waals surface area contributed by atoms with Crippen molar-refractivity contribution in [2.24, 2.45) is 0 Å². The molecule has 0 aliphatic carbocycles. The number of hydrogen-bond acceptors (Lipinski definition) is 3. The fourth-order valence-corrected chi connectivity index (χ4v) is 2.29. The molecule has 1 rings (SSSR count). The van der Waals surface area contributed by atoms with Crippen LogP contribution in [-0.4, -0.2) is 16.3 Å². The first-order valence-electron chi connectivity index (χ1n) is 4.57. The van der Waals surface area contributed by atoms with Crippen LogP contribution in [0, 0.1) is 6.92 Å². The molecular weight excluding hydrogens is 184 g/mol. The maximum atomic E-state index is 9.75. The zero-order valence-corrected chi connectivity index (χ0v) is 8.84. The summed E-state index contributed by atoms with van der Waals surface area (Å²) in [4.78, 5) is 0.890. The minimum absolute atomic E-state index is 0.623. The van der Waals surface area contributed by atoms with Gasteiger partial charge in [-0.2, -0.15) is 0 Å². The molecule has 0 aliphatic heterocycles. The fourth-order valence-electron chi connectivity index (χ4n) is 1.32. The van der Waals surface area contributed by atoms with Gasteiger partial charge in [0.25, 0.3) is 0 Å². The highest BCUT2D eigenvalue weighted by atomic mass is 32.1. The van der Waals surface area contributed by atoms with Crippen molar-refractivity contribution in [3.05, 3.63) is 21.9 Å². The number of aliphatic hydroxyl groups is 2. The van der Waals surface area contributed by atoms with Crippen LogP contribution in [0.3, 0.4) is 0 Å². The number of thiophene rings is 1. The standard InChI is InChI=1S/C10H16O2S/c1-3-4-8(11)9(12)10-7(2)5-6-13-10/h5-6,8-9,11-12H,3-4H2,1-2H3. The predicted molar refractivity (Wildman–Crippen MR) is 54.9 cm³/mol. The normalized spacial score (nSPS) is 15.7. The van der Waals surface area contributed by atoms with Crippen molar-refractivity contribution in [1.29, 1.82) is 0 Å². The van der Waals surface area contributed by atoms with Gasteiger partial charge in [0.05, 0.1) is 6.10 Å². The summed E-state index contributed by atoms with van der Waals surface area (Å²) in [6.45, 7) is 3.95. The van der Waals surface area contributed by atoms with Crippen LogP contribution < -0.4 is 0 Å². The van der Waals surface area contributed by atoms with E-state index in [2.05, 4.69) is 0 Å². The van der Waals surface area contributed by atoms with Gasteiger partial charge in [-0.15, -0.1) is 11.3 Å². The summed E-state index contributed by atoms with van der Waals surface area (Å²) in [7, 11) is 0. The molecule has 2 N–H and O–H groups in total. The van der Waals surface area contributed by atoms with Crippen LogP contribution in [-0.2, 0) is 0 Å². The molecule has 1 aromatic rings. The lowest BCUT2D eigenvalue weighted by atomic mass is 10.1. The maximum Gasteiger partial charge on any atom is 0.114 e. The van der Waals surface area contributed by atoms with Gasteiger partial charge in [0.1, 0.15) is 6.10 Å². The minimum atomic E-state index is -0.708. The van der Waals surface area contributed by atoms with Crippen LogP contribution in [0.15, 0.2) is 11.4 Å². The SMILES string of the molecule is CCCC(O)C(O)c1sccc1C. The lowest BCUT2D eigenvalue weighted by Gasteiger charge is -2.16. The molecule has 0 bridgehead atoms. The quantitative estimate of drug-likeness (QED) is 0.782. The lowest BCUT2D eigenvalue weighted by Crippen LogP contribution is -2.17. The molecule has 3 heteroatoms. The first kappa shape index (κ1) is 10.7. The zero-order chi connectivity index (χ0) is 9.84. The molecule has 0 saturated heterocycles. The van der Waals surface area contributed by atoms with E-state index in [-0.39, 0.29) is 0 Å². The van der Waals surface area contributed by atoms with E-state index in [1.165, 1.54) is 11.3 Å². The third-order valence-electron chi connectivity index (χ3n) is 2.12. The van der Waals surface area contributed by atoms with Crippen molar-refractivity contribution in [3.63, 3.8) is 0 Å². The molecule has 0 spiro atoms. The van der Waals surface area contributed by atoms with Gasteiger partial charge in [-0.05, 0) is 30.4 Å². The van der Waals surface area contributed by atoms with E-state index in [0.29, 0.717) is 6.42 Å². The van der Waals surface area contributed by atoms with Gasteiger partial charge in [-0.3, -0.25) is 0 Å². The largest absolute Gasteiger partial charge is 0.390 e. The second kappa shape index (κ2) is 4.74. The molecule has 2 atom stereocenters. The monoisotopic (exact) mass is 200 g/mol. The molecule has 0 amide bonds. The third-order valence-corrected chi connectivity index (χ3v) is 3.21. The summed E-state index contributed by atoms with van der Waals surface area (Å²) in [5.41, 5.74) is 1.06. The van der Waals surface area contributed by atoms with Crippen molar-refractivity contribution < 1.29 is 10.2 Å². The topological polar surface area (TPSA) is 40.5 Å². The number of rotatable bonds is 4. The summed E-state index contributed by atoms with van der Waals surface area (Å²) in [5.74, 6) is 0. The van der Waals surface area contributed by atoms with Crippen molar-refractivity contribution >= 4 is 11.3 Å². The average Bonchev–Trinajstić information content (AvgIpc) is 2.50. The molecule has 74 valence electrons. The number of hydrogen-bond donors (Lipinski definition) is 2. The summed E-state index contributed by atoms with van der Waals surface area (Å²) in [6, 6.07) is 1.96. The Labute approximate surface area is 82.8 Å². The third kappa shape index (κ3) is 2.53. The summed E-state index contributed by atoms with van der Waals surface area (Å²) < 4.78 is 0. The maximum absolute atomic E-state index is 9.75. The molecule has 2 nitrogen and oxygen atoms in total. The smallest absolute Gasteiger partial charge is 0.114 e. The molecule has 1 aromatic heterocycles. The predicted octanol–water partition coefficient (Wildman–Crippen LogP) is 2.25. The minimum Gasteiger partial charge on any atom is -0.390 e. The highest BCUT2D eigenvalue weighted by Crippen LogP contribution is 2.27. The van der Waals surface area contributed by atoms with Crippen molar-refractivity contribution in [1.82, 2.24) is 0 Å². The van der Waals surface area contributed by atoms with Crippen LogP contribution in [0.25, 0.3) is 0 Å². The van der Waals surface area contributed by atoms with Crippen molar-refractivity contribution in [3.8, 4) is 0 Å². The molecule has 13 heavy (non-hydrogen) atoms. The van der Waals surface area contributed by atoms with Gasteiger partial charge in [-0.1, -0.05) is 13.3 Å². The Hall–Kier alpha value is -0.380. The van der Waals surface area contributed by atoms with E-state index >= 15 is 0 Å². The Morgan fingerprint density at radius 2 is 2.15 bits per heavy atom. The van der Waals surface area contributed by atoms with Crippen LogP contribution in [0.4, 0.5) is 0 Å². The Morgan fingerprint density at radius 1 is 1.46 bits per heavy atom. The van der Waals surface area contributed by atoms with Gasteiger partial charge >= 0.3 is 0 Å². The summed E-state index contributed by atoms with van der Waals surface area (Å²) in [5, 5.41) is 21.3. The van der Waals surface area contributed by atoms with E-state index in [9.17, 15) is 10.2 Å². The summed E-state index contributed by atoms with van der Waals surface area (Å²) >= 11 is 1.50. The zero-order valence-electron chi connectivity index (χ0n) is 8.03. The van der Waals surface area contributed by atoms with Crippen LogP contribution in [0.2, 0.25) is 0 Å². The molecule has 0 aromatic carbocycles. The van der Waals surface area contributed by atoms with E-state index in [4.69, 9.17) is 0 Å². The van der Waals surface area contributed by atoms with Crippen molar-refractivity contribution in [2.75, 3.05) is 0 Å². The molecule has 0 aliphatic rings. The lowest BCUT2D eigenvalue weighted by molar-refractivity contribution is 0.0149. The average molecular weight is 200 g/mol. The van der Waals surface area contributed by atoms with Crippen molar-refractivity contribution in [2.45, 2.75) is 38.9 Å². The highest BCUT2D eigenvalue weighted by molar-refractivity contribution is 7.10. The van der Waals surface area contributed by atoms with Gasteiger partial charge in [-0.25, -0.2) is 0 Å². The Balaban J connectivity index is 2.67. The van der Waals surface area contributed by atoms with Crippen LogP contribution in [0.5, 0.6) is 0 Å². The Bertz CT molecular complexity index is 257. The molecule has 1 heterocycles. The first-order chi connectivity index (χ1) is 6.16. The van der Waals surface area contributed by atoms with E-state index in [1.54, 1.807) is 0 Å².